The number of hydrogen-bond acceptors (Lipinski definition) is 2. The monoisotopic (exact) mass is 289 g/mol. The molecule has 1 aromatic carbocycles. The minimum atomic E-state index is -0.0625. The highest BCUT2D eigenvalue weighted by Crippen LogP contribution is 2.15. The van der Waals surface area contributed by atoms with E-state index in [-0.39, 0.29) is 12.0 Å². The average Bonchev–Trinajstić information content (AvgIpc) is 2.44. The van der Waals surface area contributed by atoms with E-state index < -0.39 is 0 Å². The van der Waals surface area contributed by atoms with Gasteiger partial charge < -0.3 is 10.1 Å². The summed E-state index contributed by atoms with van der Waals surface area (Å²) in [5, 5.41) is 2.85. The molecular weight excluding hydrogens is 262 g/mol. The average molecular weight is 289 g/mol. The Hall–Kier alpha value is -1.61. The van der Waals surface area contributed by atoms with Crippen molar-refractivity contribution in [3.05, 3.63) is 41.5 Å². The van der Waals surface area contributed by atoms with Crippen molar-refractivity contribution in [3.63, 3.8) is 0 Å². The second-order valence-electron chi connectivity index (χ2n) is 5.72. The zero-order valence-corrected chi connectivity index (χ0v) is 13.6. The molecule has 0 radical (unpaired) electrons. The van der Waals surface area contributed by atoms with Crippen LogP contribution in [0.4, 0.5) is 0 Å². The Balaban J connectivity index is 2.30. The van der Waals surface area contributed by atoms with Crippen molar-refractivity contribution >= 4 is 12.0 Å². The van der Waals surface area contributed by atoms with Crippen LogP contribution >= 0.6 is 0 Å². The third-order valence-corrected chi connectivity index (χ3v) is 3.10. The number of carbonyl (C=O) groups is 1. The number of hydrogen-bond donors (Lipinski definition) is 1. The van der Waals surface area contributed by atoms with Crippen LogP contribution in [0.3, 0.4) is 0 Å². The second-order valence-corrected chi connectivity index (χ2v) is 5.72. The molecule has 1 amide bonds. The summed E-state index contributed by atoms with van der Waals surface area (Å²) in [6.45, 7) is 9.67. The van der Waals surface area contributed by atoms with Gasteiger partial charge in [0, 0.05) is 19.2 Å². The largest absolute Gasteiger partial charge is 0.379 e. The number of amides is 1. The standard InChI is InChI=1S/C18H27NO2/c1-14(2)17-9-6-16(7-10-17)8-11-18(20)19-12-5-13-21-15(3)4/h6-11,14-15H,5,12-13H2,1-4H3,(H,19,20)/b11-8+. The molecule has 0 atom stereocenters. The van der Waals surface area contributed by atoms with Gasteiger partial charge in [0.15, 0.2) is 0 Å². The van der Waals surface area contributed by atoms with Gasteiger partial charge in [0.2, 0.25) is 5.91 Å². The van der Waals surface area contributed by atoms with Crippen LogP contribution < -0.4 is 5.32 Å². The Kier molecular flexibility index (Phi) is 7.76. The Bertz CT molecular complexity index is 447. The molecule has 3 nitrogen and oxygen atoms in total. The van der Waals surface area contributed by atoms with E-state index in [0.717, 1.165) is 12.0 Å². The van der Waals surface area contributed by atoms with Crippen LogP contribution in [0.1, 0.15) is 51.2 Å². The lowest BCUT2D eigenvalue weighted by molar-refractivity contribution is -0.116. The summed E-state index contributed by atoms with van der Waals surface area (Å²) in [7, 11) is 0. The molecule has 1 aromatic rings. The van der Waals surface area contributed by atoms with E-state index in [9.17, 15) is 4.79 Å². The molecule has 0 aliphatic carbocycles. The van der Waals surface area contributed by atoms with Gasteiger partial charge in [-0.2, -0.15) is 0 Å². The molecule has 116 valence electrons. The quantitative estimate of drug-likeness (QED) is 0.584. The molecule has 0 fully saturated rings. The fourth-order valence-corrected chi connectivity index (χ4v) is 1.83. The van der Waals surface area contributed by atoms with Crippen molar-refractivity contribution in [2.45, 2.75) is 46.1 Å². The molecule has 0 unspecified atom stereocenters. The van der Waals surface area contributed by atoms with Gasteiger partial charge in [-0.05, 0) is 43.4 Å². The predicted octanol–water partition coefficient (Wildman–Crippen LogP) is 3.75. The summed E-state index contributed by atoms with van der Waals surface area (Å²) < 4.78 is 5.41. The maximum absolute atomic E-state index is 11.6. The highest BCUT2D eigenvalue weighted by molar-refractivity contribution is 5.91. The predicted molar refractivity (Wildman–Crippen MR) is 88.3 cm³/mol. The lowest BCUT2D eigenvalue weighted by Crippen LogP contribution is -2.23. The summed E-state index contributed by atoms with van der Waals surface area (Å²) in [6.07, 6.45) is 4.49. The molecule has 1 N–H and O–H groups in total. The van der Waals surface area contributed by atoms with Gasteiger partial charge >= 0.3 is 0 Å². The smallest absolute Gasteiger partial charge is 0.244 e. The maximum Gasteiger partial charge on any atom is 0.244 e. The molecule has 0 saturated heterocycles. The van der Waals surface area contributed by atoms with Gasteiger partial charge in [-0.15, -0.1) is 0 Å². The first kappa shape index (κ1) is 17.4. The van der Waals surface area contributed by atoms with Crippen LogP contribution in [0.5, 0.6) is 0 Å². The zero-order chi connectivity index (χ0) is 15.7. The van der Waals surface area contributed by atoms with E-state index in [1.165, 1.54) is 5.56 Å². The summed E-state index contributed by atoms with van der Waals surface area (Å²) in [5.74, 6) is 0.465. The van der Waals surface area contributed by atoms with E-state index in [1.54, 1.807) is 6.08 Å². The van der Waals surface area contributed by atoms with Crippen LogP contribution in [-0.2, 0) is 9.53 Å². The Morgan fingerprint density at radius 1 is 1.19 bits per heavy atom. The van der Waals surface area contributed by atoms with Crippen LogP contribution in [0.2, 0.25) is 0 Å². The van der Waals surface area contributed by atoms with Gasteiger partial charge in [0.05, 0.1) is 6.10 Å². The minimum Gasteiger partial charge on any atom is -0.379 e. The maximum atomic E-state index is 11.6. The van der Waals surface area contributed by atoms with Crippen molar-refractivity contribution in [1.82, 2.24) is 5.32 Å². The summed E-state index contributed by atoms with van der Waals surface area (Å²) in [5.41, 5.74) is 2.35. The first-order valence-corrected chi connectivity index (χ1v) is 7.66. The fraction of sp³-hybridized carbons (Fsp3) is 0.500. The number of rotatable bonds is 8. The topological polar surface area (TPSA) is 38.3 Å². The summed E-state index contributed by atoms with van der Waals surface area (Å²) in [6, 6.07) is 8.28. The van der Waals surface area contributed by atoms with Crippen LogP contribution in [0.15, 0.2) is 30.3 Å². The minimum absolute atomic E-state index is 0.0625. The molecule has 21 heavy (non-hydrogen) atoms. The van der Waals surface area contributed by atoms with Crippen molar-refractivity contribution in [2.24, 2.45) is 0 Å². The molecule has 3 heteroatoms. The fourth-order valence-electron chi connectivity index (χ4n) is 1.83. The lowest BCUT2D eigenvalue weighted by atomic mass is 10.0. The van der Waals surface area contributed by atoms with E-state index in [4.69, 9.17) is 4.74 Å². The van der Waals surface area contributed by atoms with Gasteiger partial charge in [0.25, 0.3) is 0 Å². The molecule has 0 aliphatic heterocycles. The third-order valence-electron chi connectivity index (χ3n) is 3.10. The number of carbonyl (C=O) groups excluding carboxylic acids is 1. The molecule has 0 saturated carbocycles. The molecule has 0 aromatic heterocycles. The normalized spacial score (nSPS) is 11.5. The first-order chi connectivity index (χ1) is 9.99. The molecule has 1 rings (SSSR count). The second kappa shape index (κ2) is 9.35. The molecule has 0 spiro atoms. The van der Waals surface area contributed by atoms with Crippen LogP contribution in [0.25, 0.3) is 6.08 Å². The lowest BCUT2D eigenvalue weighted by Gasteiger charge is -2.07. The zero-order valence-electron chi connectivity index (χ0n) is 13.6. The molecule has 0 bridgehead atoms. The van der Waals surface area contributed by atoms with Crippen LogP contribution in [0, 0.1) is 0 Å². The number of nitrogens with one attached hydrogen (secondary N) is 1. The van der Waals surface area contributed by atoms with Gasteiger partial charge in [0.1, 0.15) is 0 Å². The molecular formula is C18H27NO2. The summed E-state index contributed by atoms with van der Waals surface area (Å²) in [4.78, 5) is 11.6. The number of benzene rings is 1. The van der Waals surface area contributed by atoms with Crippen molar-refractivity contribution < 1.29 is 9.53 Å². The van der Waals surface area contributed by atoms with Crippen molar-refractivity contribution in [3.8, 4) is 0 Å². The van der Waals surface area contributed by atoms with Gasteiger partial charge in [-0.3, -0.25) is 4.79 Å². The first-order valence-electron chi connectivity index (χ1n) is 7.66. The molecule has 0 heterocycles. The Morgan fingerprint density at radius 3 is 2.43 bits per heavy atom. The summed E-state index contributed by atoms with van der Waals surface area (Å²) >= 11 is 0. The van der Waals surface area contributed by atoms with E-state index in [0.29, 0.717) is 19.1 Å². The van der Waals surface area contributed by atoms with Crippen molar-refractivity contribution in [2.75, 3.05) is 13.2 Å². The van der Waals surface area contributed by atoms with E-state index >= 15 is 0 Å². The van der Waals surface area contributed by atoms with E-state index in [1.807, 2.05) is 32.1 Å². The Labute approximate surface area is 128 Å². The third kappa shape index (κ3) is 7.66. The Morgan fingerprint density at radius 2 is 1.86 bits per heavy atom. The van der Waals surface area contributed by atoms with Gasteiger partial charge in [-0.1, -0.05) is 38.1 Å². The highest BCUT2D eigenvalue weighted by atomic mass is 16.5. The van der Waals surface area contributed by atoms with Gasteiger partial charge in [-0.25, -0.2) is 0 Å². The van der Waals surface area contributed by atoms with E-state index in [2.05, 4.69) is 31.3 Å². The number of ether oxygens (including phenoxy) is 1. The van der Waals surface area contributed by atoms with Crippen LogP contribution in [-0.4, -0.2) is 25.2 Å². The SMILES string of the molecule is CC(C)OCCCNC(=O)/C=C/c1ccc(C(C)C)cc1. The highest BCUT2D eigenvalue weighted by Gasteiger charge is 1.99. The van der Waals surface area contributed by atoms with Crippen molar-refractivity contribution in [1.29, 1.82) is 0 Å². The molecule has 0 aliphatic rings.